The topological polar surface area (TPSA) is 287 Å². The van der Waals surface area contributed by atoms with Gasteiger partial charge in [0.15, 0.2) is 5.75 Å². The lowest BCUT2D eigenvalue weighted by Crippen LogP contribution is -2.24. The maximum Gasteiger partial charge on any atom is 0.340 e. The molecule has 6 aromatic carbocycles. The van der Waals surface area contributed by atoms with Crippen LogP contribution in [0.2, 0.25) is 0 Å². The number of fused-ring (bicyclic) bond motifs is 2. The van der Waals surface area contributed by atoms with Crippen molar-refractivity contribution in [3.8, 4) is 11.5 Å². The molecule has 0 aliphatic heterocycles. The summed E-state index contributed by atoms with van der Waals surface area (Å²) in [7, 11) is -8.09. The summed E-state index contributed by atoms with van der Waals surface area (Å²) in [5, 5.41) is 28.9. The van der Waals surface area contributed by atoms with Gasteiger partial charge in [-0.2, -0.15) is 26.2 Å². The first-order valence-electron chi connectivity index (χ1n) is 18.1. The van der Waals surface area contributed by atoms with Crippen LogP contribution in [0.3, 0.4) is 0 Å². The van der Waals surface area contributed by atoms with Gasteiger partial charge in [0.25, 0.3) is 20.2 Å². The highest BCUT2D eigenvalue weighted by Crippen LogP contribution is 2.47. The molecule has 0 amide bonds. The molecule has 0 heterocycles. The van der Waals surface area contributed by atoms with Crippen molar-refractivity contribution in [1.29, 1.82) is 0 Å². The Hall–Kier alpha value is -6.85. The minimum absolute atomic E-state index is 0.00734. The fourth-order valence-corrected chi connectivity index (χ4v) is 7.99. The number of carbonyl (C=O) groups is 2. The first-order valence-corrected chi connectivity index (χ1v) is 22.1. The fraction of sp³-hybridized carbons (Fsp3) is 0.150. The monoisotopic (exact) mass is 904 g/mol. The Labute approximate surface area is 356 Å². The summed E-state index contributed by atoms with van der Waals surface area (Å²) < 4.78 is 98.6. The van der Waals surface area contributed by atoms with Crippen LogP contribution >= 0.6 is 0 Å². The van der Waals surface area contributed by atoms with E-state index in [-0.39, 0.29) is 68.5 Å². The van der Waals surface area contributed by atoms with Crippen molar-refractivity contribution in [2.45, 2.75) is 30.6 Å². The standard InChI is InChI=1S/C40H36N6O13S3/c1-5-57-39(48)24-11-17-29(40(49)58-6-2)31(19-24)43-45-37-33(62(54,55)56)20-25-18-22(3)36(35(41)34(25)38(37)47)44-42-26-12-14-27(15-13-26)59-60(50)46(4)32-9-7-8-23-10-16-28(21-30(23)32)61(51,52)53/h7-21,47H,5-6,41H2,1-4H3,(H,51,52,53)(H,54,55,56). The van der Waals surface area contributed by atoms with Gasteiger partial charge in [0.2, 0.25) is 0 Å². The quantitative estimate of drug-likeness (QED) is 0.0346. The minimum Gasteiger partial charge on any atom is -0.505 e. The van der Waals surface area contributed by atoms with Gasteiger partial charge in [-0.1, -0.05) is 18.2 Å². The number of carbonyl (C=O) groups excluding carboxylic acids is 2. The summed E-state index contributed by atoms with van der Waals surface area (Å²) in [4.78, 5) is 24.0. The molecule has 0 saturated heterocycles. The number of rotatable bonds is 14. The van der Waals surface area contributed by atoms with E-state index in [4.69, 9.17) is 19.4 Å². The molecule has 0 radical (unpaired) electrons. The molecule has 0 aromatic heterocycles. The van der Waals surface area contributed by atoms with Crippen molar-refractivity contribution in [3.63, 3.8) is 0 Å². The normalized spacial score (nSPS) is 12.5. The van der Waals surface area contributed by atoms with Gasteiger partial charge in [0.05, 0.1) is 51.7 Å². The van der Waals surface area contributed by atoms with E-state index in [1.807, 2.05) is 0 Å². The summed E-state index contributed by atoms with van der Waals surface area (Å²) in [6, 6.07) is 21.1. The second-order valence-corrected chi connectivity index (χ2v) is 17.1. The first kappa shape index (κ1) is 44.7. The van der Waals surface area contributed by atoms with Gasteiger partial charge in [-0.25, -0.2) is 9.59 Å². The number of esters is 2. The maximum atomic E-state index is 13.3. The van der Waals surface area contributed by atoms with E-state index < -0.39 is 59.8 Å². The molecule has 22 heteroatoms. The molecule has 0 bridgehead atoms. The summed E-state index contributed by atoms with van der Waals surface area (Å²) in [5.41, 5.74) is 6.26. The number of hydrogen-bond acceptors (Lipinski definition) is 16. The zero-order valence-electron chi connectivity index (χ0n) is 33.0. The number of aryl methyl sites for hydroxylation is 1. The molecule has 5 N–H and O–H groups in total. The van der Waals surface area contributed by atoms with Crippen LogP contribution in [0.4, 0.5) is 34.1 Å². The molecule has 19 nitrogen and oxygen atoms in total. The predicted octanol–water partition coefficient (Wildman–Crippen LogP) is 8.36. The molecule has 1 atom stereocenters. The number of nitrogen functional groups attached to an aromatic ring is 1. The van der Waals surface area contributed by atoms with Gasteiger partial charge in [-0.15, -0.1) is 15.3 Å². The fourth-order valence-electron chi connectivity index (χ4n) is 6.11. The number of nitrogens with two attached hydrogens (primary N) is 1. The molecule has 0 aliphatic rings. The van der Waals surface area contributed by atoms with Crippen LogP contribution in [-0.2, 0) is 41.0 Å². The molecule has 6 aromatic rings. The third-order valence-corrected chi connectivity index (χ3v) is 11.7. The van der Waals surface area contributed by atoms with Crippen LogP contribution in [-0.4, -0.2) is 67.5 Å². The Morgan fingerprint density at radius 3 is 2.11 bits per heavy atom. The number of phenolic OH excluding ortho intramolecular Hbond substituents is 1. The minimum atomic E-state index is -5.07. The average Bonchev–Trinajstić information content (AvgIpc) is 3.22. The predicted molar refractivity (Wildman–Crippen MR) is 229 cm³/mol. The molecule has 0 fully saturated rings. The van der Waals surface area contributed by atoms with E-state index in [0.717, 1.165) is 12.1 Å². The zero-order chi connectivity index (χ0) is 45.1. The molecule has 0 saturated carbocycles. The van der Waals surface area contributed by atoms with Crippen LogP contribution in [0.15, 0.2) is 121 Å². The highest BCUT2D eigenvalue weighted by atomic mass is 32.2. The number of hydrogen-bond donors (Lipinski definition) is 4. The lowest BCUT2D eigenvalue weighted by atomic mass is 10.0. The van der Waals surface area contributed by atoms with Crippen molar-refractivity contribution < 1.29 is 58.5 Å². The van der Waals surface area contributed by atoms with Crippen molar-refractivity contribution in [2.24, 2.45) is 20.5 Å². The summed E-state index contributed by atoms with van der Waals surface area (Å²) in [6.45, 7) is 4.80. The SMILES string of the molecule is CCOC(=O)c1ccc(C(=O)OCC)c(N=Nc2c(S(=O)(=O)O)cc3cc(C)c(N=Nc4ccc(OS(=O)N(C)c5cccc6ccc(S(=O)(=O)O)cc56)cc4)c(N)c3c2O)c1. The molecule has 0 aliphatic carbocycles. The first-order chi connectivity index (χ1) is 29.3. The summed E-state index contributed by atoms with van der Waals surface area (Å²) in [6.07, 6.45) is 0. The van der Waals surface area contributed by atoms with Crippen molar-refractivity contribution in [2.75, 3.05) is 30.3 Å². The number of phenols is 1. The molecular formula is C40H36N6O13S3. The van der Waals surface area contributed by atoms with Gasteiger partial charge in [0, 0.05) is 12.4 Å². The highest BCUT2D eigenvalue weighted by Gasteiger charge is 2.26. The van der Waals surface area contributed by atoms with Crippen LogP contribution in [0, 0.1) is 6.92 Å². The van der Waals surface area contributed by atoms with Gasteiger partial charge in [-0.05, 0) is 110 Å². The average molecular weight is 905 g/mol. The highest BCUT2D eigenvalue weighted by molar-refractivity contribution is 7.86. The Kier molecular flexibility index (Phi) is 13.0. The Bertz CT molecular complexity index is 3090. The number of nitrogens with zero attached hydrogens (tertiary/aromatic N) is 5. The third-order valence-electron chi connectivity index (χ3n) is 9.04. The maximum absolute atomic E-state index is 13.3. The Morgan fingerprint density at radius 1 is 0.774 bits per heavy atom. The van der Waals surface area contributed by atoms with Gasteiger partial charge >= 0.3 is 23.2 Å². The van der Waals surface area contributed by atoms with Crippen molar-refractivity contribution in [3.05, 3.63) is 108 Å². The van der Waals surface area contributed by atoms with E-state index in [2.05, 4.69) is 20.5 Å². The molecule has 6 rings (SSSR count). The van der Waals surface area contributed by atoms with Crippen LogP contribution < -0.4 is 14.2 Å². The van der Waals surface area contributed by atoms with Crippen LogP contribution in [0.5, 0.6) is 11.5 Å². The van der Waals surface area contributed by atoms with E-state index in [9.17, 15) is 44.8 Å². The van der Waals surface area contributed by atoms with E-state index in [0.29, 0.717) is 22.0 Å². The third kappa shape index (κ3) is 9.53. The number of aromatic hydroxyl groups is 1. The molecule has 322 valence electrons. The number of ether oxygens (including phenoxy) is 2. The Balaban J connectivity index is 1.30. The lowest BCUT2D eigenvalue weighted by Gasteiger charge is -2.19. The Morgan fingerprint density at radius 2 is 1.45 bits per heavy atom. The van der Waals surface area contributed by atoms with Gasteiger partial charge in [0.1, 0.15) is 27.7 Å². The summed E-state index contributed by atoms with van der Waals surface area (Å²) in [5.74, 6) is -2.25. The van der Waals surface area contributed by atoms with E-state index in [1.54, 1.807) is 39.0 Å². The second-order valence-electron chi connectivity index (χ2n) is 13.1. The van der Waals surface area contributed by atoms with Crippen molar-refractivity contribution in [1.82, 2.24) is 0 Å². The molecule has 62 heavy (non-hydrogen) atoms. The summed E-state index contributed by atoms with van der Waals surface area (Å²) >= 11 is -2.12. The second kappa shape index (κ2) is 18.0. The van der Waals surface area contributed by atoms with Gasteiger partial charge < -0.3 is 24.5 Å². The van der Waals surface area contributed by atoms with Crippen molar-refractivity contribution >= 4 is 99.1 Å². The van der Waals surface area contributed by atoms with E-state index >= 15 is 0 Å². The van der Waals surface area contributed by atoms with E-state index in [1.165, 1.54) is 72.0 Å². The number of benzene rings is 6. The zero-order valence-corrected chi connectivity index (χ0v) is 35.5. The van der Waals surface area contributed by atoms with Crippen LogP contribution in [0.25, 0.3) is 21.5 Å². The number of azo groups is 2. The smallest absolute Gasteiger partial charge is 0.340 e. The number of anilines is 2. The molecule has 0 spiro atoms. The lowest BCUT2D eigenvalue weighted by molar-refractivity contribution is 0.0512. The molecular weight excluding hydrogens is 869 g/mol. The molecule has 1 unspecified atom stereocenters. The largest absolute Gasteiger partial charge is 0.505 e. The van der Waals surface area contributed by atoms with Gasteiger partial charge in [-0.3, -0.25) is 13.4 Å². The van der Waals surface area contributed by atoms with Crippen LogP contribution in [0.1, 0.15) is 40.1 Å².